The number of rotatable bonds is 6. The molecule has 106 valence electrons. The number of alkyl halides is 3. The van der Waals surface area contributed by atoms with Gasteiger partial charge in [0.15, 0.2) is 24.6 Å². The first-order valence-corrected chi connectivity index (χ1v) is 5.44. The predicted octanol–water partition coefficient (Wildman–Crippen LogP) is 3.08. The second-order valence-corrected chi connectivity index (χ2v) is 3.55. The van der Waals surface area contributed by atoms with Gasteiger partial charge in [-0.1, -0.05) is 6.07 Å². The summed E-state index contributed by atoms with van der Waals surface area (Å²) < 4.78 is 50.8. The van der Waals surface area contributed by atoms with E-state index in [4.69, 9.17) is 9.47 Å². The number of carbonyl (C=O) groups excluding carboxylic acids is 1. The Balaban J connectivity index is 3.12. The molecule has 19 heavy (non-hydrogen) atoms. The van der Waals surface area contributed by atoms with E-state index in [-0.39, 0.29) is 23.7 Å². The number of aryl methyl sites for hydroxylation is 1. The van der Waals surface area contributed by atoms with E-state index in [2.05, 4.69) is 4.74 Å². The lowest BCUT2D eigenvalue weighted by Crippen LogP contribution is -2.19. The van der Waals surface area contributed by atoms with Crippen LogP contribution in [0.1, 0.15) is 22.8 Å². The van der Waals surface area contributed by atoms with Crippen molar-refractivity contribution in [1.29, 1.82) is 0 Å². The molecule has 1 aromatic carbocycles. The van der Waals surface area contributed by atoms with E-state index in [1.165, 1.54) is 19.1 Å². The number of hydrogen-bond donors (Lipinski definition) is 0. The second-order valence-electron chi connectivity index (χ2n) is 3.55. The molecule has 1 rings (SSSR count). The van der Waals surface area contributed by atoms with Crippen molar-refractivity contribution in [2.45, 2.75) is 20.2 Å². The maximum Gasteiger partial charge on any atom is 0.573 e. The third-order valence-electron chi connectivity index (χ3n) is 2.17. The molecular weight excluding hydrogens is 265 g/mol. The molecule has 0 saturated carbocycles. The van der Waals surface area contributed by atoms with Gasteiger partial charge in [-0.15, -0.1) is 13.2 Å². The van der Waals surface area contributed by atoms with Crippen LogP contribution in [0.25, 0.3) is 0 Å². The van der Waals surface area contributed by atoms with Crippen LogP contribution in [0.5, 0.6) is 11.5 Å². The smallest absolute Gasteiger partial charge is 0.463 e. The maximum absolute atomic E-state index is 12.3. The molecular formula is C12H13F3O4. The van der Waals surface area contributed by atoms with Crippen LogP contribution in [-0.2, 0) is 4.74 Å². The Bertz CT molecular complexity index is 443. The number of hydrogen-bond acceptors (Lipinski definition) is 4. The largest absolute Gasteiger partial charge is 0.573 e. The average molecular weight is 278 g/mol. The highest BCUT2D eigenvalue weighted by Gasteiger charge is 2.34. The highest BCUT2D eigenvalue weighted by Crippen LogP contribution is 2.37. The van der Waals surface area contributed by atoms with Gasteiger partial charge in [-0.3, -0.25) is 4.79 Å². The van der Waals surface area contributed by atoms with E-state index < -0.39 is 12.1 Å². The second kappa shape index (κ2) is 6.42. The van der Waals surface area contributed by atoms with Crippen molar-refractivity contribution < 1.29 is 32.2 Å². The Morgan fingerprint density at radius 3 is 2.47 bits per heavy atom. The first-order valence-electron chi connectivity index (χ1n) is 5.44. The fourth-order valence-corrected chi connectivity index (χ4v) is 1.34. The van der Waals surface area contributed by atoms with Gasteiger partial charge in [-0.05, 0) is 25.5 Å². The van der Waals surface area contributed by atoms with Crippen LogP contribution in [0.4, 0.5) is 13.2 Å². The van der Waals surface area contributed by atoms with E-state index in [1.807, 2.05) is 0 Å². The van der Waals surface area contributed by atoms with Crippen LogP contribution >= 0.6 is 0 Å². The fourth-order valence-electron chi connectivity index (χ4n) is 1.34. The quantitative estimate of drug-likeness (QED) is 0.455. The van der Waals surface area contributed by atoms with Gasteiger partial charge in [0.25, 0.3) is 0 Å². The number of benzene rings is 1. The van der Waals surface area contributed by atoms with Crippen molar-refractivity contribution in [2.75, 3.05) is 13.4 Å². The molecule has 0 bridgehead atoms. The van der Waals surface area contributed by atoms with Crippen molar-refractivity contribution in [2.24, 2.45) is 0 Å². The molecule has 0 aliphatic heterocycles. The van der Waals surface area contributed by atoms with E-state index >= 15 is 0 Å². The molecule has 0 aliphatic rings. The topological polar surface area (TPSA) is 44.8 Å². The number of aldehydes is 1. The van der Waals surface area contributed by atoms with Crippen molar-refractivity contribution >= 4 is 6.29 Å². The third-order valence-corrected chi connectivity index (χ3v) is 2.17. The van der Waals surface area contributed by atoms with Gasteiger partial charge in [0.2, 0.25) is 0 Å². The van der Waals surface area contributed by atoms with Crippen molar-refractivity contribution in [3.63, 3.8) is 0 Å². The molecule has 0 heterocycles. The highest BCUT2D eigenvalue weighted by atomic mass is 19.4. The molecule has 1 aromatic rings. The van der Waals surface area contributed by atoms with Gasteiger partial charge in [0.05, 0.1) is 5.56 Å². The Morgan fingerprint density at radius 1 is 1.26 bits per heavy atom. The zero-order valence-electron chi connectivity index (χ0n) is 10.4. The lowest BCUT2D eigenvalue weighted by molar-refractivity contribution is -0.275. The summed E-state index contributed by atoms with van der Waals surface area (Å²) in [5, 5.41) is 0. The predicted molar refractivity (Wildman–Crippen MR) is 60.4 cm³/mol. The lowest BCUT2D eigenvalue weighted by Gasteiger charge is -2.17. The molecule has 0 atom stereocenters. The first-order chi connectivity index (χ1) is 8.89. The summed E-state index contributed by atoms with van der Waals surface area (Å²) in [5.74, 6) is -0.808. The van der Waals surface area contributed by atoms with Gasteiger partial charge in [0.1, 0.15) is 0 Å². The van der Waals surface area contributed by atoms with Crippen LogP contribution in [-0.4, -0.2) is 26.0 Å². The minimum atomic E-state index is -4.87. The minimum Gasteiger partial charge on any atom is -0.463 e. The summed E-state index contributed by atoms with van der Waals surface area (Å²) in [6, 6.07) is 2.70. The van der Waals surface area contributed by atoms with Crippen LogP contribution in [0.2, 0.25) is 0 Å². The first kappa shape index (κ1) is 15.3. The molecule has 0 aromatic heterocycles. The molecule has 0 spiro atoms. The Morgan fingerprint density at radius 2 is 1.95 bits per heavy atom. The summed E-state index contributed by atoms with van der Waals surface area (Å²) in [6.45, 7) is 3.18. The van der Waals surface area contributed by atoms with Crippen LogP contribution < -0.4 is 9.47 Å². The van der Waals surface area contributed by atoms with Crippen molar-refractivity contribution in [1.82, 2.24) is 0 Å². The molecule has 0 unspecified atom stereocenters. The Hall–Kier alpha value is -1.76. The van der Waals surface area contributed by atoms with Crippen LogP contribution in [0.3, 0.4) is 0 Å². The van der Waals surface area contributed by atoms with Crippen molar-refractivity contribution in [3.8, 4) is 11.5 Å². The van der Waals surface area contributed by atoms with Gasteiger partial charge in [-0.25, -0.2) is 0 Å². The van der Waals surface area contributed by atoms with E-state index in [0.717, 1.165) is 0 Å². The van der Waals surface area contributed by atoms with Gasteiger partial charge < -0.3 is 14.2 Å². The Kier molecular flexibility index (Phi) is 5.17. The fraction of sp³-hybridized carbons (Fsp3) is 0.417. The molecule has 0 aliphatic carbocycles. The molecule has 0 N–H and O–H groups in total. The molecule has 7 heteroatoms. The zero-order valence-corrected chi connectivity index (χ0v) is 10.4. The maximum atomic E-state index is 12.3. The number of carbonyl (C=O) groups is 1. The van der Waals surface area contributed by atoms with E-state index in [9.17, 15) is 18.0 Å². The van der Waals surface area contributed by atoms with E-state index in [1.54, 1.807) is 6.92 Å². The molecule has 4 nitrogen and oxygen atoms in total. The standard InChI is InChI=1S/C12H13F3O4/c1-3-17-7-18-11-9(6-16)5-4-8(2)10(11)19-12(13,14)15/h4-6H,3,7H2,1-2H3. The number of ether oxygens (including phenoxy) is 3. The lowest BCUT2D eigenvalue weighted by atomic mass is 10.1. The molecule has 0 amide bonds. The van der Waals surface area contributed by atoms with E-state index in [0.29, 0.717) is 12.9 Å². The Labute approximate surface area is 108 Å². The normalized spacial score (nSPS) is 11.2. The summed E-state index contributed by atoms with van der Waals surface area (Å²) in [4.78, 5) is 10.8. The zero-order chi connectivity index (χ0) is 14.5. The van der Waals surface area contributed by atoms with Crippen molar-refractivity contribution in [3.05, 3.63) is 23.3 Å². The van der Waals surface area contributed by atoms with Gasteiger partial charge in [0, 0.05) is 6.61 Å². The average Bonchev–Trinajstić information content (AvgIpc) is 2.32. The molecule has 0 saturated heterocycles. The summed E-state index contributed by atoms with van der Waals surface area (Å²) in [7, 11) is 0. The minimum absolute atomic E-state index is 0.0375. The van der Waals surface area contributed by atoms with Gasteiger partial charge >= 0.3 is 6.36 Å². The summed E-state index contributed by atoms with van der Waals surface area (Å²) in [6.07, 6.45) is -4.47. The highest BCUT2D eigenvalue weighted by molar-refractivity contribution is 5.81. The third kappa shape index (κ3) is 4.44. The number of halogens is 3. The summed E-state index contributed by atoms with van der Waals surface area (Å²) >= 11 is 0. The SMILES string of the molecule is CCOCOc1c(C=O)ccc(C)c1OC(F)(F)F. The van der Waals surface area contributed by atoms with Crippen LogP contribution in [0.15, 0.2) is 12.1 Å². The van der Waals surface area contributed by atoms with Crippen LogP contribution in [0, 0.1) is 6.92 Å². The molecule has 0 radical (unpaired) electrons. The molecule has 0 fully saturated rings. The van der Waals surface area contributed by atoms with Gasteiger partial charge in [-0.2, -0.15) is 0 Å². The monoisotopic (exact) mass is 278 g/mol. The summed E-state index contributed by atoms with van der Waals surface area (Å²) in [5.41, 5.74) is 0.166.